The van der Waals surface area contributed by atoms with E-state index in [0.717, 1.165) is 10.5 Å². The van der Waals surface area contributed by atoms with Gasteiger partial charge in [-0.15, -0.1) is 0 Å². The highest BCUT2D eigenvalue weighted by Crippen LogP contribution is 2.46. The monoisotopic (exact) mass is 526 g/mol. The van der Waals surface area contributed by atoms with E-state index in [1.807, 2.05) is 0 Å². The fraction of sp³-hybridized carbons (Fsp3) is 0. The first-order valence-corrected chi connectivity index (χ1v) is 14.4. The maximum absolute atomic E-state index is 6.48. The van der Waals surface area contributed by atoms with Crippen LogP contribution in [-0.2, 0) is 0 Å². The van der Waals surface area contributed by atoms with Gasteiger partial charge in [0, 0.05) is 20.9 Å². The van der Waals surface area contributed by atoms with Gasteiger partial charge in [0.2, 0.25) is 0 Å². The molecule has 0 unspecified atom stereocenters. The van der Waals surface area contributed by atoms with Gasteiger partial charge in [0.1, 0.15) is 5.58 Å². The average molecular weight is 527 g/mol. The lowest BCUT2D eigenvalue weighted by Crippen LogP contribution is -1.91. The lowest BCUT2D eigenvalue weighted by Gasteiger charge is -2.18. The quantitative estimate of drug-likeness (QED) is 0.204. The summed E-state index contributed by atoms with van der Waals surface area (Å²) in [6.45, 7) is 0. The van der Waals surface area contributed by atoms with Crippen LogP contribution >= 0.6 is 11.3 Å². The number of thiophene rings is 1. The van der Waals surface area contributed by atoms with Crippen LogP contribution < -0.4 is 0 Å². The molecule has 0 amide bonds. The lowest BCUT2D eigenvalue weighted by atomic mass is 9.85. The fourth-order valence-electron chi connectivity index (χ4n) is 6.51. The number of hydrogen-bond donors (Lipinski definition) is 0. The van der Waals surface area contributed by atoms with E-state index in [1.54, 1.807) is 11.3 Å². The molecule has 186 valence electrons. The van der Waals surface area contributed by atoms with Crippen LogP contribution in [0.2, 0.25) is 0 Å². The van der Waals surface area contributed by atoms with E-state index in [1.165, 1.54) is 75.4 Å². The van der Waals surface area contributed by atoms with Crippen molar-refractivity contribution in [1.29, 1.82) is 0 Å². The molecular formula is C38H22OS. The second-order valence-corrected chi connectivity index (χ2v) is 11.5. The van der Waals surface area contributed by atoms with Gasteiger partial charge in [0.25, 0.3) is 0 Å². The zero-order valence-corrected chi connectivity index (χ0v) is 22.3. The molecule has 0 aliphatic carbocycles. The smallest absolute Gasteiger partial charge is 0.190 e. The van der Waals surface area contributed by atoms with E-state index in [4.69, 9.17) is 4.42 Å². The topological polar surface area (TPSA) is 13.1 Å². The molecule has 0 saturated carbocycles. The molecule has 2 heteroatoms. The summed E-state index contributed by atoms with van der Waals surface area (Å²) in [5, 5.41) is 11.2. The Balaban J connectivity index is 1.35. The first kappa shape index (κ1) is 22.0. The molecule has 0 N–H and O–H groups in total. The summed E-state index contributed by atoms with van der Waals surface area (Å²) in [6.07, 6.45) is 0. The van der Waals surface area contributed by atoms with E-state index in [-0.39, 0.29) is 0 Å². The van der Waals surface area contributed by atoms with Crippen molar-refractivity contribution >= 4 is 75.0 Å². The van der Waals surface area contributed by atoms with Crippen molar-refractivity contribution < 1.29 is 4.42 Å². The van der Waals surface area contributed by atoms with E-state index < -0.39 is 0 Å². The van der Waals surface area contributed by atoms with Crippen LogP contribution in [0.1, 0.15) is 0 Å². The van der Waals surface area contributed by atoms with Gasteiger partial charge in [0.05, 0.1) is 0 Å². The molecule has 40 heavy (non-hydrogen) atoms. The Labute approximate surface area is 234 Å². The van der Waals surface area contributed by atoms with E-state index in [2.05, 4.69) is 133 Å². The molecule has 2 heterocycles. The van der Waals surface area contributed by atoms with Gasteiger partial charge in [0.15, 0.2) is 4.90 Å². The van der Waals surface area contributed by atoms with Crippen molar-refractivity contribution in [2.45, 2.75) is 0 Å². The highest BCUT2D eigenvalue weighted by molar-refractivity contribution is 7.25. The van der Waals surface area contributed by atoms with Crippen molar-refractivity contribution in [3.8, 4) is 22.3 Å². The Morgan fingerprint density at radius 2 is 0.975 bits per heavy atom. The third-order valence-corrected chi connectivity index (χ3v) is 9.32. The Morgan fingerprint density at radius 1 is 0.425 bits per heavy atom. The molecule has 0 fully saturated rings. The second kappa shape index (κ2) is 8.29. The molecular weight excluding hydrogens is 504 g/mol. The number of furan rings is 1. The van der Waals surface area contributed by atoms with E-state index in [0.29, 0.717) is 0 Å². The largest absolute Gasteiger partial charge is 0.445 e. The zero-order valence-electron chi connectivity index (χ0n) is 21.5. The minimum atomic E-state index is 0.941. The molecule has 0 spiro atoms. The number of fused-ring (bicyclic) bond motifs is 8. The maximum Gasteiger partial charge on any atom is 0.190 e. The zero-order chi connectivity index (χ0) is 26.2. The summed E-state index contributed by atoms with van der Waals surface area (Å²) < 4.78 is 7.74. The van der Waals surface area contributed by atoms with Gasteiger partial charge >= 0.3 is 0 Å². The van der Waals surface area contributed by atoms with Crippen molar-refractivity contribution in [2.75, 3.05) is 0 Å². The number of hydrogen-bond acceptors (Lipinski definition) is 2. The molecule has 0 aliphatic heterocycles. The van der Waals surface area contributed by atoms with Crippen LogP contribution in [0.4, 0.5) is 0 Å². The van der Waals surface area contributed by atoms with Crippen LogP contribution in [-0.4, -0.2) is 0 Å². The summed E-state index contributed by atoms with van der Waals surface area (Å²) in [4.78, 5) is 0.995. The summed E-state index contributed by atoms with van der Waals surface area (Å²) in [5.41, 5.74) is 5.90. The highest BCUT2D eigenvalue weighted by Gasteiger charge is 2.19. The van der Waals surface area contributed by atoms with Crippen molar-refractivity contribution in [2.24, 2.45) is 0 Å². The van der Waals surface area contributed by atoms with Gasteiger partial charge < -0.3 is 4.42 Å². The van der Waals surface area contributed by atoms with Crippen molar-refractivity contribution in [1.82, 2.24) is 0 Å². The van der Waals surface area contributed by atoms with Crippen LogP contribution in [0.25, 0.3) is 85.9 Å². The summed E-state index contributed by atoms with van der Waals surface area (Å²) >= 11 is 1.73. The Morgan fingerprint density at radius 3 is 1.68 bits per heavy atom. The number of rotatable bonds is 2. The van der Waals surface area contributed by atoms with Gasteiger partial charge in [-0.3, -0.25) is 0 Å². The fourth-order valence-corrected chi connectivity index (χ4v) is 7.59. The predicted octanol–water partition coefficient (Wildman–Crippen LogP) is 11.6. The predicted molar refractivity (Wildman–Crippen MR) is 172 cm³/mol. The summed E-state index contributed by atoms with van der Waals surface area (Å²) in [7, 11) is 0. The van der Waals surface area contributed by atoms with E-state index in [9.17, 15) is 0 Å². The third kappa shape index (κ3) is 3.08. The second-order valence-electron chi connectivity index (χ2n) is 10.5. The van der Waals surface area contributed by atoms with Gasteiger partial charge in [-0.05, 0) is 78.8 Å². The first-order chi connectivity index (χ1) is 19.8. The first-order valence-electron chi connectivity index (χ1n) is 13.6. The van der Waals surface area contributed by atoms with Crippen LogP contribution in [0, 0.1) is 0 Å². The van der Waals surface area contributed by atoms with Gasteiger partial charge in [-0.1, -0.05) is 121 Å². The Bertz CT molecular complexity index is 2380. The van der Waals surface area contributed by atoms with Crippen LogP contribution in [0.15, 0.2) is 138 Å². The number of benzene rings is 7. The molecule has 7 aromatic carbocycles. The minimum absolute atomic E-state index is 0.941. The van der Waals surface area contributed by atoms with Gasteiger partial charge in [-0.25, -0.2) is 0 Å². The van der Waals surface area contributed by atoms with Crippen molar-refractivity contribution in [3.05, 3.63) is 133 Å². The molecule has 0 aliphatic rings. The lowest BCUT2D eigenvalue weighted by molar-refractivity contribution is 0.678. The van der Waals surface area contributed by atoms with Crippen LogP contribution in [0.3, 0.4) is 0 Å². The molecule has 0 bridgehead atoms. The standard InChI is InChI=1S/C38H22OS/c1-2-10-24-21-25(18-17-23(24)9-1)35-27-11-3-5-13-29(27)36(30-14-6-4-12-28(30)35)26-19-20-31-33(22-26)39-38-37(31)32-15-7-8-16-34(32)40-38/h1-22H. The molecule has 0 saturated heterocycles. The van der Waals surface area contributed by atoms with E-state index >= 15 is 0 Å². The average Bonchev–Trinajstić information content (AvgIpc) is 3.55. The highest BCUT2D eigenvalue weighted by atomic mass is 32.1. The summed E-state index contributed by atoms with van der Waals surface area (Å²) in [5.74, 6) is 0. The molecule has 9 rings (SSSR count). The van der Waals surface area contributed by atoms with Crippen LogP contribution in [0.5, 0.6) is 0 Å². The van der Waals surface area contributed by atoms with Gasteiger partial charge in [-0.2, -0.15) is 0 Å². The maximum atomic E-state index is 6.48. The minimum Gasteiger partial charge on any atom is -0.445 e. The van der Waals surface area contributed by atoms with Crippen molar-refractivity contribution in [3.63, 3.8) is 0 Å². The summed E-state index contributed by atoms with van der Waals surface area (Å²) in [6, 6.07) is 48.4. The molecule has 9 aromatic rings. The molecule has 0 atom stereocenters. The SMILES string of the molecule is c1ccc2cc(-c3c4ccccc4c(-c4ccc5c(c4)oc4sc6ccccc6c45)c4ccccc34)ccc2c1. The normalized spacial score (nSPS) is 12.0. The third-order valence-electron chi connectivity index (χ3n) is 8.28. The Kier molecular flexibility index (Phi) is 4.55. The molecule has 0 radical (unpaired) electrons. The molecule has 1 nitrogen and oxygen atoms in total. The molecule has 2 aromatic heterocycles. The Hall–Kier alpha value is -4.92.